The third-order valence-electron chi connectivity index (χ3n) is 2.10. The van der Waals surface area contributed by atoms with Gasteiger partial charge in [0.1, 0.15) is 0 Å². The van der Waals surface area contributed by atoms with Gasteiger partial charge in [0.2, 0.25) is 0 Å². The number of nitrogens with zero attached hydrogens (tertiary/aromatic N) is 2. The first kappa shape index (κ1) is 9.93. The second-order valence-electron chi connectivity index (χ2n) is 3.18. The number of hydrogen-bond acceptors (Lipinski definition) is 2. The van der Waals surface area contributed by atoms with Crippen molar-refractivity contribution in [2.45, 2.75) is 6.54 Å². The highest BCUT2D eigenvalue weighted by atomic mass is 35.5. The van der Waals surface area contributed by atoms with E-state index in [1.165, 1.54) is 0 Å². The van der Waals surface area contributed by atoms with Gasteiger partial charge in [-0.25, -0.2) is 0 Å². The van der Waals surface area contributed by atoms with Gasteiger partial charge >= 0.3 is 0 Å². The summed E-state index contributed by atoms with van der Waals surface area (Å²) in [5.41, 5.74) is 1.54. The van der Waals surface area contributed by atoms with Crippen LogP contribution in [0.1, 0.15) is 15.9 Å². The highest BCUT2D eigenvalue weighted by Gasteiger charge is 2.01. The van der Waals surface area contributed by atoms with E-state index in [1.54, 1.807) is 23.0 Å². The number of rotatable bonds is 3. The molecule has 0 N–H and O–H groups in total. The van der Waals surface area contributed by atoms with Crippen molar-refractivity contribution in [3.05, 3.63) is 52.8 Å². The van der Waals surface area contributed by atoms with Crippen LogP contribution in [0.2, 0.25) is 5.02 Å². The minimum Gasteiger partial charge on any atom is -0.298 e. The van der Waals surface area contributed by atoms with E-state index in [0.717, 1.165) is 11.8 Å². The molecule has 3 nitrogen and oxygen atoms in total. The molecule has 2 aromatic rings. The average molecular weight is 221 g/mol. The lowest BCUT2D eigenvalue weighted by Gasteiger charge is -2.03. The first-order valence-electron chi connectivity index (χ1n) is 4.50. The quantitative estimate of drug-likeness (QED) is 0.745. The number of aldehydes is 1. The molecule has 0 aliphatic carbocycles. The van der Waals surface area contributed by atoms with Crippen molar-refractivity contribution in [1.82, 2.24) is 9.78 Å². The monoisotopic (exact) mass is 220 g/mol. The van der Waals surface area contributed by atoms with E-state index < -0.39 is 0 Å². The Morgan fingerprint density at radius 1 is 1.47 bits per heavy atom. The average Bonchev–Trinajstić information content (AvgIpc) is 2.71. The molecule has 0 spiro atoms. The first-order valence-corrected chi connectivity index (χ1v) is 4.88. The van der Waals surface area contributed by atoms with Crippen molar-refractivity contribution >= 4 is 17.9 Å². The number of hydrogen-bond donors (Lipinski definition) is 0. The molecular formula is C11H9ClN2O. The molecule has 0 aliphatic rings. The molecule has 1 aromatic heterocycles. The molecule has 1 aromatic carbocycles. The van der Waals surface area contributed by atoms with Gasteiger partial charge in [0, 0.05) is 18.0 Å². The molecule has 0 atom stereocenters. The molecule has 0 fully saturated rings. The second kappa shape index (κ2) is 4.28. The fourth-order valence-corrected chi connectivity index (χ4v) is 1.59. The first-order chi connectivity index (χ1) is 7.29. The van der Waals surface area contributed by atoms with Crippen molar-refractivity contribution in [2.24, 2.45) is 0 Å². The minimum atomic E-state index is 0.481. The van der Waals surface area contributed by atoms with Gasteiger partial charge in [-0.3, -0.25) is 9.48 Å². The summed E-state index contributed by atoms with van der Waals surface area (Å²) in [4.78, 5) is 10.6. The summed E-state index contributed by atoms with van der Waals surface area (Å²) in [6, 6.07) is 7.24. The summed E-state index contributed by atoms with van der Waals surface area (Å²) in [6.45, 7) is 0.659. The van der Waals surface area contributed by atoms with Crippen molar-refractivity contribution in [3.8, 4) is 0 Å². The summed E-state index contributed by atoms with van der Waals surface area (Å²) < 4.78 is 1.80. The predicted molar refractivity (Wildman–Crippen MR) is 58.2 cm³/mol. The fourth-order valence-electron chi connectivity index (χ4n) is 1.35. The molecule has 0 amide bonds. The molecule has 0 bridgehead atoms. The maximum Gasteiger partial charge on any atom is 0.151 e. The third-order valence-corrected chi connectivity index (χ3v) is 2.42. The molecule has 2 rings (SSSR count). The van der Waals surface area contributed by atoms with Gasteiger partial charge in [0.05, 0.1) is 11.6 Å². The van der Waals surface area contributed by atoms with Crippen LogP contribution in [0.5, 0.6) is 0 Å². The van der Waals surface area contributed by atoms with Crippen LogP contribution in [0.25, 0.3) is 0 Å². The number of carbonyl (C=O) groups excluding carboxylic acids is 1. The van der Waals surface area contributed by atoms with Crippen molar-refractivity contribution in [1.29, 1.82) is 0 Å². The van der Waals surface area contributed by atoms with Gasteiger partial charge in [-0.05, 0) is 23.8 Å². The fraction of sp³-hybridized carbons (Fsp3) is 0.0909. The standard InChI is InChI=1S/C11H9ClN2O/c12-11-6-9(2-3-10(11)8-15)7-14-5-1-4-13-14/h1-6,8H,7H2. The Labute approximate surface area is 92.3 Å². The highest BCUT2D eigenvalue weighted by Crippen LogP contribution is 2.16. The van der Waals surface area contributed by atoms with Crippen molar-refractivity contribution in [3.63, 3.8) is 0 Å². The Kier molecular flexibility index (Phi) is 2.83. The van der Waals surface area contributed by atoms with Crippen LogP contribution in [0, 0.1) is 0 Å². The molecule has 15 heavy (non-hydrogen) atoms. The Hall–Kier alpha value is -1.61. The topological polar surface area (TPSA) is 34.9 Å². The third kappa shape index (κ3) is 2.25. The summed E-state index contributed by atoms with van der Waals surface area (Å²) in [5, 5.41) is 4.57. The van der Waals surface area contributed by atoms with E-state index in [0.29, 0.717) is 17.1 Å². The van der Waals surface area contributed by atoms with Crippen LogP contribution < -0.4 is 0 Å². The van der Waals surface area contributed by atoms with Gasteiger partial charge in [-0.15, -0.1) is 0 Å². The maximum atomic E-state index is 10.6. The summed E-state index contributed by atoms with van der Waals surface area (Å²) in [6.07, 6.45) is 4.35. The summed E-state index contributed by atoms with van der Waals surface area (Å²) in [7, 11) is 0. The van der Waals surface area contributed by atoms with E-state index in [2.05, 4.69) is 5.10 Å². The lowest BCUT2D eigenvalue weighted by molar-refractivity contribution is 0.112. The smallest absolute Gasteiger partial charge is 0.151 e. The highest BCUT2D eigenvalue weighted by molar-refractivity contribution is 6.33. The molecule has 1 heterocycles. The Bertz CT molecular complexity index is 465. The SMILES string of the molecule is O=Cc1ccc(Cn2cccn2)cc1Cl. The van der Waals surface area contributed by atoms with E-state index in [9.17, 15) is 4.79 Å². The van der Waals surface area contributed by atoms with Crippen LogP contribution >= 0.6 is 11.6 Å². The molecule has 0 unspecified atom stereocenters. The summed E-state index contributed by atoms with van der Waals surface area (Å²) in [5.74, 6) is 0. The normalized spacial score (nSPS) is 10.2. The molecule has 0 saturated heterocycles. The predicted octanol–water partition coefficient (Wildman–Crippen LogP) is 2.40. The van der Waals surface area contributed by atoms with Crippen molar-refractivity contribution < 1.29 is 4.79 Å². The van der Waals surface area contributed by atoms with Crippen LogP contribution in [-0.2, 0) is 6.54 Å². The Morgan fingerprint density at radius 2 is 2.33 bits per heavy atom. The van der Waals surface area contributed by atoms with Crippen LogP contribution in [-0.4, -0.2) is 16.1 Å². The van der Waals surface area contributed by atoms with Crippen molar-refractivity contribution in [2.75, 3.05) is 0 Å². The molecule has 76 valence electrons. The van der Waals surface area contributed by atoms with Gasteiger partial charge in [0.25, 0.3) is 0 Å². The largest absolute Gasteiger partial charge is 0.298 e. The number of aromatic nitrogens is 2. The van der Waals surface area contributed by atoms with E-state index in [1.807, 2.05) is 18.3 Å². The summed E-state index contributed by atoms with van der Waals surface area (Å²) >= 11 is 5.91. The molecule has 4 heteroatoms. The van der Waals surface area contributed by atoms with E-state index in [4.69, 9.17) is 11.6 Å². The van der Waals surface area contributed by atoms with Gasteiger partial charge in [0.15, 0.2) is 6.29 Å². The van der Waals surface area contributed by atoms with E-state index >= 15 is 0 Å². The second-order valence-corrected chi connectivity index (χ2v) is 3.58. The van der Waals surface area contributed by atoms with Crippen LogP contribution in [0.15, 0.2) is 36.7 Å². The molecule has 0 saturated carbocycles. The Morgan fingerprint density at radius 3 is 2.93 bits per heavy atom. The van der Waals surface area contributed by atoms with Crippen LogP contribution in [0.4, 0.5) is 0 Å². The zero-order chi connectivity index (χ0) is 10.7. The van der Waals surface area contributed by atoms with Gasteiger partial charge < -0.3 is 0 Å². The number of benzene rings is 1. The van der Waals surface area contributed by atoms with Crippen LogP contribution in [0.3, 0.4) is 0 Å². The number of halogens is 1. The molecular weight excluding hydrogens is 212 g/mol. The van der Waals surface area contributed by atoms with Gasteiger partial charge in [-0.2, -0.15) is 5.10 Å². The molecule has 0 radical (unpaired) electrons. The zero-order valence-corrected chi connectivity index (χ0v) is 8.69. The lowest BCUT2D eigenvalue weighted by atomic mass is 10.1. The Balaban J connectivity index is 2.23. The van der Waals surface area contributed by atoms with Gasteiger partial charge in [-0.1, -0.05) is 17.7 Å². The van der Waals surface area contributed by atoms with E-state index in [-0.39, 0.29) is 0 Å². The molecule has 0 aliphatic heterocycles. The minimum absolute atomic E-state index is 0.481. The maximum absolute atomic E-state index is 10.6. The lowest BCUT2D eigenvalue weighted by Crippen LogP contribution is -2.00. The number of carbonyl (C=O) groups is 1. The zero-order valence-electron chi connectivity index (χ0n) is 7.93.